The Morgan fingerprint density at radius 1 is 1.12 bits per heavy atom. The van der Waals surface area contributed by atoms with Crippen LogP contribution in [0.4, 0.5) is 5.82 Å². The second kappa shape index (κ2) is 8.40. The van der Waals surface area contributed by atoms with Crippen LogP contribution < -0.4 is 5.73 Å². The van der Waals surface area contributed by atoms with Gasteiger partial charge in [0, 0.05) is 18.0 Å². The van der Waals surface area contributed by atoms with Gasteiger partial charge in [-0.05, 0) is 12.5 Å². The van der Waals surface area contributed by atoms with Gasteiger partial charge >= 0.3 is 0 Å². The first kappa shape index (κ1) is 17.8. The molecule has 0 bridgehead atoms. The molecule has 0 spiro atoms. The predicted molar refractivity (Wildman–Crippen MR) is 110 cm³/mol. The van der Waals surface area contributed by atoms with Crippen molar-refractivity contribution in [3.05, 3.63) is 77.6 Å². The Labute approximate surface area is 157 Å². The molecule has 2 aromatic carbocycles. The molecule has 5 nitrogen and oxygen atoms in total. The van der Waals surface area contributed by atoms with Gasteiger partial charge in [0.25, 0.3) is 0 Å². The van der Waals surface area contributed by atoms with E-state index in [0.717, 1.165) is 17.0 Å². The van der Waals surface area contributed by atoms with Gasteiger partial charge in [-0.1, -0.05) is 71.9 Å². The summed E-state index contributed by atoms with van der Waals surface area (Å²) >= 11 is 1.51. The summed E-state index contributed by atoms with van der Waals surface area (Å²) in [6.45, 7) is 5.51. The lowest BCUT2D eigenvalue weighted by Crippen LogP contribution is -2.08. The van der Waals surface area contributed by atoms with Gasteiger partial charge in [0.05, 0.1) is 11.9 Å². The summed E-state index contributed by atoms with van der Waals surface area (Å²) < 4.78 is 0. The number of anilines is 1. The van der Waals surface area contributed by atoms with E-state index in [1.807, 2.05) is 49.4 Å². The summed E-state index contributed by atoms with van der Waals surface area (Å²) in [5.74, 6) is 1.05. The number of hydrogen-bond donors (Lipinski definition) is 1. The monoisotopic (exact) mass is 361 g/mol. The number of aryl methyl sites for hydroxylation is 1. The zero-order valence-corrected chi connectivity index (χ0v) is 15.3. The van der Waals surface area contributed by atoms with E-state index >= 15 is 0 Å². The molecule has 0 radical (unpaired) electrons. The Kier molecular flexibility index (Phi) is 5.76. The van der Waals surface area contributed by atoms with E-state index < -0.39 is 0 Å². The molecular weight excluding hydrogens is 342 g/mol. The topological polar surface area (TPSA) is 76.5 Å². The number of nitrogens with zero attached hydrogens (tertiary/aromatic N) is 4. The van der Waals surface area contributed by atoms with Crippen molar-refractivity contribution in [3.63, 3.8) is 0 Å². The molecule has 3 aromatic rings. The van der Waals surface area contributed by atoms with Gasteiger partial charge in [-0.3, -0.25) is 0 Å². The summed E-state index contributed by atoms with van der Waals surface area (Å²) in [6, 6.07) is 18.2. The predicted octanol–water partition coefficient (Wildman–Crippen LogP) is 4.33. The van der Waals surface area contributed by atoms with Crippen LogP contribution in [0.25, 0.3) is 11.3 Å². The first-order valence-electron chi connectivity index (χ1n) is 8.07. The Hall–Kier alpha value is -2.99. The van der Waals surface area contributed by atoms with Crippen LogP contribution in [0.5, 0.6) is 0 Å². The fourth-order valence-corrected chi connectivity index (χ4v) is 3.25. The molecule has 0 atom stereocenters. The number of thioether (sulfide) groups is 1. The molecule has 0 saturated heterocycles. The third-order valence-electron chi connectivity index (χ3n) is 3.73. The molecule has 0 unspecified atom stereocenters. The molecule has 3 rings (SSSR count). The highest BCUT2D eigenvalue weighted by Gasteiger charge is 2.14. The van der Waals surface area contributed by atoms with Gasteiger partial charge < -0.3 is 5.73 Å². The molecule has 0 aliphatic heterocycles. The average Bonchev–Trinajstić information content (AvgIpc) is 2.67. The van der Waals surface area contributed by atoms with Crippen LogP contribution in [-0.4, -0.2) is 21.7 Å². The van der Waals surface area contributed by atoms with Gasteiger partial charge in [0.2, 0.25) is 0 Å². The molecule has 6 heteroatoms. The third kappa shape index (κ3) is 4.34. The van der Waals surface area contributed by atoms with Crippen molar-refractivity contribution < 1.29 is 0 Å². The van der Waals surface area contributed by atoms with Crippen LogP contribution in [0.1, 0.15) is 16.8 Å². The van der Waals surface area contributed by atoms with Crippen LogP contribution in [-0.2, 0) is 5.75 Å². The Morgan fingerprint density at radius 3 is 2.54 bits per heavy atom. The van der Waals surface area contributed by atoms with Crippen LogP contribution >= 0.6 is 11.8 Å². The van der Waals surface area contributed by atoms with Gasteiger partial charge in [0.15, 0.2) is 5.82 Å². The molecule has 0 aliphatic rings. The molecule has 0 saturated carbocycles. The van der Waals surface area contributed by atoms with E-state index in [9.17, 15) is 0 Å². The number of rotatable bonds is 5. The van der Waals surface area contributed by atoms with Gasteiger partial charge in [-0.15, -0.1) is 5.10 Å². The van der Waals surface area contributed by atoms with Crippen molar-refractivity contribution >= 4 is 29.3 Å². The minimum absolute atomic E-state index is 0.323. The van der Waals surface area contributed by atoms with E-state index in [1.165, 1.54) is 22.9 Å². The van der Waals surface area contributed by atoms with E-state index in [0.29, 0.717) is 16.6 Å². The van der Waals surface area contributed by atoms with Crippen molar-refractivity contribution in [1.29, 1.82) is 0 Å². The maximum atomic E-state index is 6.06. The van der Waals surface area contributed by atoms with Crippen LogP contribution in [0.2, 0.25) is 0 Å². The maximum absolute atomic E-state index is 6.06. The highest BCUT2D eigenvalue weighted by molar-refractivity contribution is 8.13. The molecule has 26 heavy (non-hydrogen) atoms. The Bertz CT molecular complexity index is 921. The van der Waals surface area contributed by atoms with Crippen molar-refractivity contribution in [1.82, 2.24) is 9.97 Å². The molecule has 1 heterocycles. The SMILES string of the molecule is C=N/N=C(\SCc1ccccc1)c1nc(-c2ccc(C)cc2)cnc1N. The van der Waals surface area contributed by atoms with Crippen molar-refractivity contribution in [2.24, 2.45) is 10.2 Å². The zero-order valence-electron chi connectivity index (χ0n) is 14.5. The smallest absolute Gasteiger partial charge is 0.152 e. The number of hydrogen-bond acceptors (Lipinski definition) is 6. The first-order chi connectivity index (χ1) is 12.7. The second-order valence-corrected chi connectivity index (χ2v) is 6.64. The molecule has 0 aliphatic carbocycles. The minimum Gasteiger partial charge on any atom is -0.382 e. The summed E-state index contributed by atoms with van der Waals surface area (Å²) in [5, 5.41) is 8.40. The lowest BCUT2D eigenvalue weighted by Gasteiger charge is -2.09. The van der Waals surface area contributed by atoms with Gasteiger partial charge in [-0.25, -0.2) is 9.97 Å². The zero-order chi connectivity index (χ0) is 18.4. The fraction of sp³-hybridized carbons (Fsp3) is 0.100. The number of aromatic nitrogens is 2. The summed E-state index contributed by atoms with van der Waals surface area (Å²) in [6.07, 6.45) is 1.67. The highest BCUT2D eigenvalue weighted by Crippen LogP contribution is 2.24. The molecule has 1 aromatic heterocycles. The molecule has 130 valence electrons. The summed E-state index contributed by atoms with van der Waals surface area (Å²) in [5.41, 5.74) is 10.7. The van der Waals surface area contributed by atoms with Crippen LogP contribution in [0, 0.1) is 6.92 Å². The van der Waals surface area contributed by atoms with E-state index in [-0.39, 0.29) is 0 Å². The third-order valence-corrected chi connectivity index (χ3v) is 4.76. The highest BCUT2D eigenvalue weighted by atomic mass is 32.2. The Morgan fingerprint density at radius 2 is 1.85 bits per heavy atom. The lowest BCUT2D eigenvalue weighted by atomic mass is 10.1. The van der Waals surface area contributed by atoms with Crippen molar-refractivity contribution in [2.75, 3.05) is 5.73 Å². The number of nitrogen functional groups attached to an aromatic ring is 1. The largest absolute Gasteiger partial charge is 0.382 e. The molecule has 0 amide bonds. The number of benzene rings is 2. The molecular formula is C20H19N5S. The van der Waals surface area contributed by atoms with E-state index in [4.69, 9.17) is 5.73 Å². The van der Waals surface area contributed by atoms with Gasteiger partial charge in [0.1, 0.15) is 10.7 Å². The van der Waals surface area contributed by atoms with Crippen molar-refractivity contribution in [3.8, 4) is 11.3 Å². The van der Waals surface area contributed by atoms with Crippen LogP contribution in [0.3, 0.4) is 0 Å². The lowest BCUT2D eigenvalue weighted by molar-refractivity contribution is 1.18. The molecule has 0 fully saturated rings. The van der Waals surface area contributed by atoms with Gasteiger partial charge in [-0.2, -0.15) is 5.10 Å². The standard InChI is InChI=1S/C20H19N5S/c1-14-8-10-16(11-9-14)17-12-23-19(21)18(24-17)20(25-22-2)26-13-15-6-4-3-5-7-15/h3-12H,2,13H2,1H3,(H2,21,23)/b25-20-. The minimum atomic E-state index is 0.323. The average molecular weight is 361 g/mol. The number of nitrogens with two attached hydrogens (primary N) is 1. The summed E-state index contributed by atoms with van der Waals surface area (Å²) in [7, 11) is 0. The van der Waals surface area contributed by atoms with Crippen LogP contribution in [0.15, 0.2) is 71.0 Å². The quantitative estimate of drug-likeness (QED) is 0.417. The maximum Gasteiger partial charge on any atom is 0.152 e. The normalized spacial score (nSPS) is 11.3. The fourth-order valence-electron chi connectivity index (χ4n) is 2.35. The van der Waals surface area contributed by atoms with Crippen molar-refractivity contribution in [2.45, 2.75) is 12.7 Å². The molecule has 2 N–H and O–H groups in total. The first-order valence-corrected chi connectivity index (χ1v) is 9.06. The summed E-state index contributed by atoms with van der Waals surface area (Å²) in [4.78, 5) is 8.97. The van der Waals surface area contributed by atoms with E-state index in [1.54, 1.807) is 6.20 Å². The Balaban J connectivity index is 1.91. The van der Waals surface area contributed by atoms with E-state index in [2.05, 4.69) is 39.0 Å². The second-order valence-electron chi connectivity index (χ2n) is 5.68.